The van der Waals surface area contributed by atoms with E-state index in [-0.39, 0.29) is 11.9 Å². The maximum Gasteiger partial charge on any atom is 0.232 e. The number of hydrogen-bond acceptors (Lipinski definition) is 9. The molecule has 0 radical (unpaired) electrons. The molecule has 1 aromatic carbocycles. The fraction of sp³-hybridized carbons (Fsp3) is 0.167. The first-order valence-corrected chi connectivity index (χ1v) is 8.50. The average Bonchev–Trinajstić information content (AvgIpc) is 3.26. The van der Waals surface area contributed by atoms with E-state index in [4.69, 9.17) is 9.47 Å². The van der Waals surface area contributed by atoms with Gasteiger partial charge in [-0.25, -0.2) is 19.9 Å². The summed E-state index contributed by atoms with van der Waals surface area (Å²) < 4.78 is 10.6. The third-order valence-electron chi connectivity index (χ3n) is 4.00. The van der Waals surface area contributed by atoms with Gasteiger partial charge < -0.3 is 9.47 Å². The molecule has 0 saturated carbocycles. The lowest BCUT2D eigenvalue weighted by Gasteiger charge is -2.10. The fourth-order valence-electron chi connectivity index (χ4n) is 2.73. The van der Waals surface area contributed by atoms with Gasteiger partial charge in [-0.3, -0.25) is 15.2 Å². The Morgan fingerprint density at radius 2 is 1.90 bits per heavy atom. The second kappa shape index (κ2) is 7.46. The summed E-state index contributed by atoms with van der Waals surface area (Å²) in [6, 6.07) is 5.43. The van der Waals surface area contributed by atoms with E-state index in [1.807, 2.05) is 6.07 Å². The highest BCUT2D eigenvalue weighted by Crippen LogP contribution is 2.32. The SMILES string of the molecule is COc1ccc(-c2cnc3nc(NC(C)=O)nc(-c4nc[nH]n4)c3n2)cc1OC. The number of nitrogens with one attached hydrogen (secondary N) is 2. The zero-order valence-electron chi connectivity index (χ0n) is 15.8. The molecular formula is C18H16N8O3. The van der Waals surface area contributed by atoms with E-state index >= 15 is 0 Å². The number of nitrogens with zero attached hydrogens (tertiary/aromatic N) is 6. The van der Waals surface area contributed by atoms with Gasteiger partial charge in [0.25, 0.3) is 0 Å². The highest BCUT2D eigenvalue weighted by Gasteiger charge is 2.17. The molecular weight excluding hydrogens is 376 g/mol. The molecule has 0 bridgehead atoms. The standard InChI is InChI=1S/C18H16N8O3/c1-9(27)22-18-24-15(17-20-8-21-26-17)14-16(25-18)19-7-11(23-14)10-4-5-12(28-2)13(6-10)29-3/h4-8H,1-3H3,(H,20,21,26)(H,19,22,24,25,27). The topological polar surface area (TPSA) is 141 Å². The van der Waals surface area contributed by atoms with Crippen LogP contribution in [-0.4, -0.2) is 55.2 Å². The van der Waals surface area contributed by atoms with Gasteiger partial charge in [0.05, 0.1) is 26.1 Å². The minimum Gasteiger partial charge on any atom is -0.493 e. The number of amides is 1. The summed E-state index contributed by atoms with van der Waals surface area (Å²) in [7, 11) is 3.13. The van der Waals surface area contributed by atoms with Gasteiger partial charge >= 0.3 is 0 Å². The van der Waals surface area contributed by atoms with E-state index in [0.29, 0.717) is 39.9 Å². The van der Waals surface area contributed by atoms with Crippen LogP contribution < -0.4 is 14.8 Å². The van der Waals surface area contributed by atoms with Gasteiger partial charge in [-0.15, -0.1) is 0 Å². The van der Waals surface area contributed by atoms with Gasteiger partial charge in [-0.2, -0.15) is 10.1 Å². The fourth-order valence-corrected chi connectivity index (χ4v) is 2.73. The monoisotopic (exact) mass is 392 g/mol. The minimum atomic E-state index is -0.305. The molecule has 11 heteroatoms. The molecule has 0 aliphatic heterocycles. The van der Waals surface area contributed by atoms with Gasteiger partial charge in [0.15, 0.2) is 17.1 Å². The van der Waals surface area contributed by atoms with Crippen LogP contribution in [0.2, 0.25) is 0 Å². The van der Waals surface area contributed by atoms with Crippen molar-refractivity contribution in [2.24, 2.45) is 0 Å². The first-order chi connectivity index (χ1) is 14.1. The maximum atomic E-state index is 11.4. The van der Waals surface area contributed by atoms with Crippen LogP contribution in [0.25, 0.3) is 33.9 Å². The third-order valence-corrected chi connectivity index (χ3v) is 4.00. The summed E-state index contributed by atoms with van der Waals surface area (Å²) in [5, 5.41) is 9.25. The van der Waals surface area contributed by atoms with Crippen LogP contribution in [0.15, 0.2) is 30.7 Å². The van der Waals surface area contributed by atoms with Gasteiger partial charge in [-0.05, 0) is 18.2 Å². The molecule has 0 aliphatic carbocycles. The molecule has 29 heavy (non-hydrogen) atoms. The van der Waals surface area contributed by atoms with Crippen LogP contribution in [0.4, 0.5) is 5.95 Å². The zero-order chi connectivity index (χ0) is 20.4. The molecule has 0 unspecified atom stereocenters. The van der Waals surface area contributed by atoms with E-state index in [9.17, 15) is 4.79 Å². The number of methoxy groups -OCH3 is 2. The maximum absolute atomic E-state index is 11.4. The number of hydrogen-bond donors (Lipinski definition) is 2. The van der Waals surface area contributed by atoms with Crippen LogP contribution in [-0.2, 0) is 4.79 Å². The normalized spacial score (nSPS) is 10.7. The Labute approximate surface area is 164 Å². The van der Waals surface area contributed by atoms with E-state index in [0.717, 1.165) is 5.56 Å². The Morgan fingerprint density at radius 3 is 2.59 bits per heavy atom. The van der Waals surface area contributed by atoms with E-state index in [1.165, 1.54) is 13.3 Å². The van der Waals surface area contributed by atoms with Gasteiger partial charge in [-0.1, -0.05) is 0 Å². The average molecular weight is 392 g/mol. The summed E-state index contributed by atoms with van der Waals surface area (Å²) in [6.45, 7) is 1.37. The molecule has 3 heterocycles. The predicted molar refractivity (Wildman–Crippen MR) is 103 cm³/mol. The third kappa shape index (κ3) is 3.52. The summed E-state index contributed by atoms with van der Waals surface area (Å²) >= 11 is 0. The number of ether oxygens (including phenoxy) is 2. The van der Waals surface area contributed by atoms with E-state index in [2.05, 4.69) is 40.4 Å². The number of anilines is 1. The molecule has 4 aromatic rings. The zero-order valence-corrected chi connectivity index (χ0v) is 15.8. The number of H-pyrrole nitrogens is 1. The van der Waals surface area contributed by atoms with Crippen molar-refractivity contribution in [3.63, 3.8) is 0 Å². The Hall–Kier alpha value is -4.15. The Balaban J connectivity index is 1.89. The molecule has 4 rings (SSSR count). The van der Waals surface area contributed by atoms with Crippen molar-refractivity contribution in [1.29, 1.82) is 0 Å². The van der Waals surface area contributed by atoms with Gasteiger partial charge in [0.1, 0.15) is 17.5 Å². The van der Waals surface area contributed by atoms with E-state index in [1.54, 1.807) is 32.5 Å². The van der Waals surface area contributed by atoms with Crippen molar-refractivity contribution in [3.8, 4) is 34.3 Å². The van der Waals surface area contributed by atoms with Gasteiger partial charge in [0, 0.05) is 12.5 Å². The van der Waals surface area contributed by atoms with Crippen LogP contribution in [0.5, 0.6) is 11.5 Å². The van der Waals surface area contributed by atoms with Crippen LogP contribution >= 0.6 is 0 Å². The summed E-state index contributed by atoms with van der Waals surface area (Å²) in [6.07, 6.45) is 3.00. The Morgan fingerprint density at radius 1 is 1.07 bits per heavy atom. The highest BCUT2D eigenvalue weighted by molar-refractivity contribution is 5.91. The molecule has 0 fully saturated rings. The summed E-state index contributed by atoms with van der Waals surface area (Å²) in [5.41, 5.74) is 2.38. The predicted octanol–water partition coefficient (Wildman–Crippen LogP) is 1.85. The van der Waals surface area contributed by atoms with Crippen LogP contribution in [0, 0.1) is 0 Å². The molecule has 0 spiro atoms. The number of benzene rings is 1. The lowest BCUT2D eigenvalue weighted by Crippen LogP contribution is -2.11. The first-order valence-electron chi connectivity index (χ1n) is 8.50. The van der Waals surface area contributed by atoms with Crippen LogP contribution in [0.3, 0.4) is 0 Å². The number of fused-ring (bicyclic) bond motifs is 1. The second-order valence-corrected chi connectivity index (χ2v) is 5.90. The smallest absolute Gasteiger partial charge is 0.232 e. The number of aromatic nitrogens is 7. The van der Waals surface area contributed by atoms with Crippen molar-refractivity contribution in [2.75, 3.05) is 19.5 Å². The van der Waals surface area contributed by atoms with E-state index < -0.39 is 0 Å². The van der Waals surface area contributed by atoms with Crippen molar-refractivity contribution >= 4 is 23.0 Å². The lowest BCUT2D eigenvalue weighted by atomic mass is 10.1. The van der Waals surface area contributed by atoms with Crippen LogP contribution in [0.1, 0.15) is 6.92 Å². The molecule has 2 N–H and O–H groups in total. The van der Waals surface area contributed by atoms with Crippen molar-refractivity contribution in [3.05, 3.63) is 30.7 Å². The molecule has 0 saturated heterocycles. The summed E-state index contributed by atoms with van der Waals surface area (Å²) in [4.78, 5) is 33.2. The largest absolute Gasteiger partial charge is 0.493 e. The molecule has 0 aliphatic rings. The molecule has 1 amide bonds. The van der Waals surface area contributed by atoms with Crippen molar-refractivity contribution < 1.29 is 14.3 Å². The number of carbonyl (C=O) groups excluding carboxylic acids is 1. The second-order valence-electron chi connectivity index (χ2n) is 5.90. The first kappa shape index (κ1) is 18.2. The number of aromatic amines is 1. The Kier molecular flexibility index (Phi) is 4.69. The molecule has 146 valence electrons. The highest BCUT2D eigenvalue weighted by atomic mass is 16.5. The number of carbonyl (C=O) groups is 1. The Bertz CT molecular complexity index is 1190. The molecule has 0 atom stereocenters. The quantitative estimate of drug-likeness (QED) is 0.520. The van der Waals surface area contributed by atoms with Crippen molar-refractivity contribution in [2.45, 2.75) is 6.92 Å². The number of rotatable bonds is 5. The molecule has 11 nitrogen and oxygen atoms in total. The minimum absolute atomic E-state index is 0.0953. The van der Waals surface area contributed by atoms with Crippen molar-refractivity contribution in [1.82, 2.24) is 35.1 Å². The summed E-state index contributed by atoms with van der Waals surface area (Å²) in [5.74, 6) is 1.27. The lowest BCUT2D eigenvalue weighted by molar-refractivity contribution is -0.114. The molecule has 3 aromatic heterocycles. The van der Waals surface area contributed by atoms with Gasteiger partial charge in [0.2, 0.25) is 17.7 Å².